The summed E-state index contributed by atoms with van der Waals surface area (Å²) in [4.78, 5) is 2.19. The molecule has 0 atom stereocenters. The Kier molecular flexibility index (Phi) is 4.23. The molecular weight excluding hydrogens is 273 g/mol. The van der Waals surface area contributed by atoms with E-state index in [2.05, 4.69) is 14.4 Å². The molecule has 0 amide bonds. The number of rotatable bonds is 4. The fourth-order valence-corrected chi connectivity index (χ4v) is 2.39. The molecule has 0 saturated carbocycles. The van der Waals surface area contributed by atoms with Crippen molar-refractivity contribution in [1.82, 2.24) is 10.2 Å². The highest BCUT2D eigenvalue weighted by molar-refractivity contribution is 7.81. The zero-order chi connectivity index (χ0) is 13.9. The molecule has 0 radical (unpaired) electrons. The second kappa shape index (κ2) is 5.72. The Hall–Kier alpha value is -1.38. The van der Waals surface area contributed by atoms with Gasteiger partial charge >= 0.3 is 10.5 Å². The first-order valence-corrected chi connectivity index (χ1v) is 7.20. The van der Waals surface area contributed by atoms with Gasteiger partial charge in [0.15, 0.2) is 0 Å². The molecule has 0 unspecified atom stereocenters. The lowest BCUT2D eigenvalue weighted by Crippen LogP contribution is -2.42. The molecule has 2 rings (SSSR count). The summed E-state index contributed by atoms with van der Waals surface area (Å²) in [6.45, 7) is 4.23. The number of hydrogen-bond donors (Lipinski definition) is 2. The molecule has 1 saturated heterocycles. The van der Waals surface area contributed by atoms with Crippen LogP contribution in [0.2, 0.25) is 0 Å². The summed E-state index contributed by atoms with van der Waals surface area (Å²) in [7, 11) is -5.02. The van der Waals surface area contributed by atoms with Crippen molar-refractivity contribution in [3.05, 3.63) is 23.8 Å². The van der Waals surface area contributed by atoms with Crippen LogP contribution in [0.3, 0.4) is 0 Å². The minimum atomic E-state index is -5.02. The second-order valence-corrected chi connectivity index (χ2v) is 5.37. The van der Waals surface area contributed by atoms with Crippen molar-refractivity contribution in [2.75, 3.05) is 31.9 Å². The summed E-state index contributed by atoms with van der Waals surface area (Å²) < 4.78 is 37.6. The lowest BCUT2D eigenvalue weighted by molar-refractivity contribution is 0.233. The number of benzene rings is 1. The van der Waals surface area contributed by atoms with Gasteiger partial charge in [-0.3, -0.25) is 4.90 Å². The van der Waals surface area contributed by atoms with Gasteiger partial charge in [0.1, 0.15) is 5.75 Å². The van der Waals surface area contributed by atoms with E-state index in [0.29, 0.717) is 12.2 Å². The van der Waals surface area contributed by atoms with E-state index in [9.17, 15) is 12.3 Å². The number of anilines is 1. The first kappa shape index (κ1) is 14.0. The molecule has 3 N–H and O–H groups in total. The highest BCUT2D eigenvalue weighted by Crippen LogP contribution is 2.22. The van der Waals surface area contributed by atoms with Crippen molar-refractivity contribution in [1.29, 1.82) is 0 Å². The molecule has 19 heavy (non-hydrogen) atoms. The first-order chi connectivity index (χ1) is 8.92. The van der Waals surface area contributed by atoms with Gasteiger partial charge in [-0.1, -0.05) is 3.89 Å². The Morgan fingerprint density at radius 1 is 1.32 bits per heavy atom. The molecule has 6 nitrogen and oxygen atoms in total. The van der Waals surface area contributed by atoms with Crippen molar-refractivity contribution in [2.24, 2.45) is 0 Å². The monoisotopic (exact) mass is 289 g/mol. The molecule has 0 bridgehead atoms. The minimum Gasteiger partial charge on any atom is -0.399 e. The van der Waals surface area contributed by atoms with Gasteiger partial charge in [0.2, 0.25) is 0 Å². The van der Waals surface area contributed by atoms with E-state index in [1.807, 2.05) is 0 Å². The van der Waals surface area contributed by atoms with E-state index in [0.717, 1.165) is 31.7 Å². The van der Waals surface area contributed by atoms with Crippen LogP contribution in [-0.4, -0.2) is 39.5 Å². The summed E-state index contributed by atoms with van der Waals surface area (Å²) in [5, 5.41) is 3.23. The van der Waals surface area contributed by atoms with E-state index >= 15 is 0 Å². The van der Waals surface area contributed by atoms with Crippen LogP contribution >= 0.6 is 0 Å². The second-order valence-electron chi connectivity index (χ2n) is 4.41. The Balaban J connectivity index is 2.11. The third kappa shape index (κ3) is 4.66. The van der Waals surface area contributed by atoms with Crippen molar-refractivity contribution in [3.8, 4) is 5.75 Å². The van der Waals surface area contributed by atoms with Crippen LogP contribution in [0.4, 0.5) is 9.57 Å². The smallest absolute Gasteiger partial charge is 0.399 e. The third-order valence-corrected chi connectivity index (χ3v) is 3.19. The van der Waals surface area contributed by atoms with Crippen LogP contribution in [0.15, 0.2) is 18.2 Å². The average Bonchev–Trinajstić information content (AvgIpc) is 2.26. The number of nitrogen functional groups attached to an aromatic ring is 1. The van der Waals surface area contributed by atoms with Crippen LogP contribution in [-0.2, 0) is 17.0 Å². The van der Waals surface area contributed by atoms with E-state index in [1.165, 1.54) is 12.1 Å². The van der Waals surface area contributed by atoms with Crippen LogP contribution in [0.25, 0.3) is 0 Å². The fraction of sp³-hybridized carbons (Fsp3) is 0.455. The molecular formula is C11H16FN3O3S. The van der Waals surface area contributed by atoms with Crippen LogP contribution in [0.1, 0.15) is 5.56 Å². The molecule has 106 valence electrons. The summed E-state index contributed by atoms with van der Waals surface area (Å²) in [5.74, 6) is -0.104. The summed E-state index contributed by atoms with van der Waals surface area (Å²) in [5.41, 5.74) is 6.79. The predicted molar refractivity (Wildman–Crippen MR) is 69.7 cm³/mol. The Labute approximate surface area is 111 Å². The number of nitrogens with two attached hydrogens (primary N) is 1. The largest absolute Gasteiger partial charge is 0.488 e. The van der Waals surface area contributed by atoms with Gasteiger partial charge in [0.05, 0.1) is 0 Å². The molecule has 1 aliphatic rings. The molecule has 1 aliphatic heterocycles. The van der Waals surface area contributed by atoms with E-state index in [-0.39, 0.29) is 5.75 Å². The minimum absolute atomic E-state index is 0.104. The number of nitrogens with one attached hydrogen (secondary N) is 1. The lowest BCUT2D eigenvalue weighted by atomic mass is 10.1. The zero-order valence-electron chi connectivity index (χ0n) is 10.3. The maximum absolute atomic E-state index is 12.5. The maximum atomic E-state index is 12.5. The quantitative estimate of drug-likeness (QED) is 0.611. The number of nitrogens with zero attached hydrogens (tertiary/aromatic N) is 1. The van der Waals surface area contributed by atoms with Gasteiger partial charge in [-0.25, -0.2) is 0 Å². The standard InChI is InChI=1S/C11H16FN3O3S/c12-19(16,17)18-11-6-9(5-10(13)7-11)8-15-3-1-14-2-4-15/h5-7,14H,1-4,8,13H2. The lowest BCUT2D eigenvalue weighted by Gasteiger charge is -2.27. The van der Waals surface area contributed by atoms with Crippen molar-refractivity contribution >= 4 is 16.2 Å². The van der Waals surface area contributed by atoms with Crippen molar-refractivity contribution in [3.63, 3.8) is 0 Å². The molecule has 1 aromatic carbocycles. The molecule has 1 heterocycles. The maximum Gasteiger partial charge on any atom is 0.488 e. The third-order valence-electron chi connectivity index (χ3n) is 2.80. The highest BCUT2D eigenvalue weighted by Gasteiger charge is 2.13. The fourth-order valence-electron chi connectivity index (χ4n) is 2.07. The first-order valence-electron chi connectivity index (χ1n) is 5.89. The van der Waals surface area contributed by atoms with Gasteiger partial charge < -0.3 is 15.2 Å². The average molecular weight is 289 g/mol. The Morgan fingerprint density at radius 3 is 2.63 bits per heavy atom. The van der Waals surface area contributed by atoms with Crippen LogP contribution < -0.4 is 15.2 Å². The zero-order valence-corrected chi connectivity index (χ0v) is 11.1. The van der Waals surface area contributed by atoms with E-state index in [1.54, 1.807) is 6.07 Å². The van der Waals surface area contributed by atoms with Gasteiger partial charge in [-0.2, -0.15) is 8.42 Å². The van der Waals surface area contributed by atoms with E-state index < -0.39 is 10.5 Å². The number of halogens is 1. The number of hydrogen-bond acceptors (Lipinski definition) is 6. The Morgan fingerprint density at radius 2 is 2.00 bits per heavy atom. The normalized spacial score (nSPS) is 17.3. The summed E-state index contributed by atoms with van der Waals surface area (Å²) in [6, 6.07) is 4.48. The SMILES string of the molecule is Nc1cc(CN2CCNCC2)cc(OS(=O)(=O)F)c1. The van der Waals surface area contributed by atoms with Crippen molar-refractivity contribution < 1.29 is 16.5 Å². The highest BCUT2D eigenvalue weighted by atomic mass is 32.3. The Bertz CT molecular complexity index is 544. The molecule has 0 aliphatic carbocycles. The summed E-state index contributed by atoms with van der Waals surface area (Å²) in [6.07, 6.45) is 0. The topological polar surface area (TPSA) is 84.7 Å². The van der Waals surface area contributed by atoms with Gasteiger partial charge in [-0.15, -0.1) is 0 Å². The van der Waals surface area contributed by atoms with Gasteiger partial charge in [0, 0.05) is 44.5 Å². The van der Waals surface area contributed by atoms with Crippen LogP contribution in [0.5, 0.6) is 5.75 Å². The molecule has 1 aromatic rings. The van der Waals surface area contributed by atoms with Crippen molar-refractivity contribution in [2.45, 2.75) is 6.54 Å². The molecule has 0 spiro atoms. The summed E-state index contributed by atoms with van der Waals surface area (Å²) >= 11 is 0. The predicted octanol–water partition coefficient (Wildman–Crippen LogP) is 0.267. The molecule has 0 aromatic heterocycles. The molecule has 1 fully saturated rings. The van der Waals surface area contributed by atoms with Gasteiger partial charge in [-0.05, 0) is 17.7 Å². The van der Waals surface area contributed by atoms with Crippen LogP contribution in [0, 0.1) is 0 Å². The van der Waals surface area contributed by atoms with E-state index in [4.69, 9.17) is 5.73 Å². The number of piperazine rings is 1. The van der Waals surface area contributed by atoms with Gasteiger partial charge in [0.25, 0.3) is 0 Å². The molecule has 8 heteroatoms.